The average molecular weight is 357 g/mol. The molecule has 24 heavy (non-hydrogen) atoms. The molecule has 8 heteroatoms. The number of hydrogen-bond acceptors (Lipinski definition) is 6. The van der Waals surface area contributed by atoms with E-state index >= 15 is 0 Å². The Balaban J connectivity index is 0.00000288. The second kappa shape index (κ2) is 8.84. The third-order valence-corrected chi connectivity index (χ3v) is 3.56. The van der Waals surface area contributed by atoms with Crippen molar-refractivity contribution in [3.05, 3.63) is 24.5 Å². The Hall–Kier alpha value is -1.86. The zero-order chi connectivity index (χ0) is 16.9. The molecule has 0 aromatic carbocycles. The van der Waals surface area contributed by atoms with Crippen molar-refractivity contribution in [2.45, 2.75) is 45.6 Å². The Labute approximate surface area is 147 Å². The van der Waals surface area contributed by atoms with Crippen LogP contribution in [-0.2, 0) is 11.2 Å². The molecule has 0 radical (unpaired) electrons. The van der Waals surface area contributed by atoms with Gasteiger partial charge in [-0.1, -0.05) is 19.0 Å². The van der Waals surface area contributed by atoms with Crippen molar-refractivity contribution in [3.63, 3.8) is 0 Å². The molecule has 1 unspecified atom stereocenters. The summed E-state index contributed by atoms with van der Waals surface area (Å²) in [5.41, 5.74) is 6.16. The summed E-state index contributed by atoms with van der Waals surface area (Å²) < 4.78 is 10.1. The van der Waals surface area contributed by atoms with Gasteiger partial charge in [0.1, 0.15) is 6.26 Å². The highest BCUT2D eigenvalue weighted by Gasteiger charge is 2.25. The van der Waals surface area contributed by atoms with Crippen molar-refractivity contribution >= 4 is 18.3 Å². The first-order chi connectivity index (χ1) is 10.9. The Kier molecular flexibility index (Phi) is 7.44. The number of nitrogens with one attached hydrogen (secondary N) is 1. The molecule has 1 amide bonds. The van der Waals surface area contributed by atoms with Gasteiger partial charge in [0.15, 0.2) is 0 Å². The molecule has 2 heterocycles. The maximum Gasteiger partial charge on any atom is 0.227 e. The number of furan rings is 1. The van der Waals surface area contributed by atoms with E-state index in [9.17, 15) is 4.79 Å². The van der Waals surface area contributed by atoms with Gasteiger partial charge in [-0.2, -0.15) is 4.98 Å². The molecule has 2 aromatic heterocycles. The molecule has 0 fully saturated rings. The van der Waals surface area contributed by atoms with Crippen LogP contribution >= 0.6 is 12.4 Å². The molecule has 2 aromatic rings. The van der Waals surface area contributed by atoms with E-state index < -0.39 is 0 Å². The number of nitrogens with zero attached hydrogens (tertiary/aromatic N) is 2. The predicted octanol–water partition coefficient (Wildman–Crippen LogP) is 2.56. The molecule has 0 aliphatic carbocycles. The lowest BCUT2D eigenvalue weighted by molar-refractivity contribution is -0.123. The van der Waals surface area contributed by atoms with Gasteiger partial charge in [0, 0.05) is 24.9 Å². The van der Waals surface area contributed by atoms with Gasteiger partial charge in [0.2, 0.25) is 17.6 Å². The van der Waals surface area contributed by atoms with E-state index in [0.29, 0.717) is 30.6 Å². The van der Waals surface area contributed by atoms with Crippen LogP contribution in [0.4, 0.5) is 0 Å². The quantitative estimate of drug-likeness (QED) is 0.752. The number of carbonyl (C=O) groups is 1. The number of aromatic nitrogens is 2. The molecule has 7 nitrogen and oxygen atoms in total. The molecule has 0 spiro atoms. The minimum atomic E-state index is -0.387. The summed E-state index contributed by atoms with van der Waals surface area (Å²) in [6, 6.07) is 1.75. The van der Waals surface area contributed by atoms with Crippen LogP contribution in [0.2, 0.25) is 0 Å². The molecule has 0 aliphatic rings. The normalized spacial score (nSPS) is 13.4. The fourth-order valence-corrected chi connectivity index (χ4v) is 2.57. The summed E-state index contributed by atoms with van der Waals surface area (Å²) >= 11 is 0. The molecule has 0 saturated carbocycles. The Morgan fingerprint density at radius 1 is 1.46 bits per heavy atom. The molecule has 1 atom stereocenters. The van der Waals surface area contributed by atoms with Crippen molar-refractivity contribution in [2.24, 2.45) is 11.7 Å². The van der Waals surface area contributed by atoms with Crippen LogP contribution in [0, 0.1) is 5.92 Å². The van der Waals surface area contributed by atoms with E-state index in [2.05, 4.69) is 29.3 Å². The molecule has 0 aliphatic heterocycles. The van der Waals surface area contributed by atoms with Crippen LogP contribution in [0.1, 0.15) is 39.5 Å². The first kappa shape index (κ1) is 20.2. The largest absolute Gasteiger partial charge is 0.472 e. The number of amides is 1. The maximum atomic E-state index is 12.1. The van der Waals surface area contributed by atoms with E-state index in [0.717, 1.165) is 12.0 Å². The van der Waals surface area contributed by atoms with Gasteiger partial charge in [-0.05, 0) is 25.3 Å². The van der Waals surface area contributed by atoms with Crippen LogP contribution in [0.5, 0.6) is 0 Å². The molecule has 0 saturated heterocycles. The Bertz CT molecular complexity index is 627. The number of nitrogens with two attached hydrogens (primary N) is 1. The molecule has 134 valence electrons. The van der Waals surface area contributed by atoms with Crippen LogP contribution < -0.4 is 11.1 Å². The molecular weight excluding hydrogens is 332 g/mol. The lowest BCUT2D eigenvalue weighted by Gasteiger charge is -2.31. The third-order valence-electron chi connectivity index (χ3n) is 3.56. The van der Waals surface area contributed by atoms with Crippen molar-refractivity contribution in [1.82, 2.24) is 15.5 Å². The fourth-order valence-electron chi connectivity index (χ4n) is 2.57. The number of hydrogen-bond donors (Lipinski definition) is 2. The summed E-state index contributed by atoms with van der Waals surface area (Å²) in [5, 5.41) is 6.88. The molecule has 2 rings (SSSR count). The van der Waals surface area contributed by atoms with E-state index in [1.165, 1.54) is 0 Å². The van der Waals surface area contributed by atoms with Crippen molar-refractivity contribution in [3.8, 4) is 11.4 Å². The summed E-state index contributed by atoms with van der Waals surface area (Å²) in [5.74, 6) is 1.27. The highest BCUT2D eigenvalue weighted by atomic mass is 35.5. The number of halogens is 1. The average Bonchev–Trinajstić information content (AvgIpc) is 3.15. The second-order valence-corrected chi connectivity index (χ2v) is 6.43. The minimum absolute atomic E-state index is 0. The van der Waals surface area contributed by atoms with Crippen LogP contribution in [-0.4, -0.2) is 28.1 Å². The zero-order valence-electron chi connectivity index (χ0n) is 14.2. The van der Waals surface area contributed by atoms with Gasteiger partial charge in [0.25, 0.3) is 0 Å². The zero-order valence-corrected chi connectivity index (χ0v) is 15.1. The highest BCUT2D eigenvalue weighted by molar-refractivity contribution is 5.85. The monoisotopic (exact) mass is 356 g/mol. The summed E-state index contributed by atoms with van der Waals surface area (Å²) in [4.78, 5) is 16.4. The van der Waals surface area contributed by atoms with Gasteiger partial charge in [-0.15, -0.1) is 12.4 Å². The lowest BCUT2D eigenvalue weighted by atomic mass is 9.90. The number of rotatable bonds is 8. The van der Waals surface area contributed by atoms with E-state index in [1.54, 1.807) is 18.6 Å². The summed E-state index contributed by atoms with van der Waals surface area (Å²) in [6.45, 7) is 6.59. The van der Waals surface area contributed by atoms with Crippen LogP contribution in [0.3, 0.4) is 0 Å². The van der Waals surface area contributed by atoms with Gasteiger partial charge < -0.3 is 20.0 Å². The van der Waals surface area contributed by atoms with Crippen LogP contribution in [0.15, 0.2) is 27.5 Å². The summed E-state index contributed by atoms with van der Waals surface area (Å²) in [7, 11) is 0. The summed E-state index contributed by atoms with van der Waals surface area (Å²) in [6.07, 6.45) is 4.58. The highest BCUT2D eigenvalue weighted by Crippen LogP contribution is 2.17. The van der Waals surface area contributed by atoms with Crippen molar-refractivity contribution in [1.29, 1.82) is 0 Å². The van der Waals surface area contributed by atoms with Gasteiger partial charge in [0.05, 0.1) is 11.8 Å². The minimum Gasteiger partial charge on any atom is -0.472 e. The van der Waals surface area contributed by atoms with Crippen molar-refractivity contribution in [2.75, 3.05) is 6.54 Å². The second-order valence-electron chi connectivity index (χ2n) is 6.43. The molecular formula is C16H25ClN4O3. The van der Waals surface area contributed by atoms with Crippen molar-refractivity contribution < 1.29 is 13.7 Å². The number of carbonyl (C=O) groups excluding carboxylic acids is 1. The first-order valence-electron chi connectivity index (χ1n) is 7.78. The standard InChI is InChI=1S/C16H24N4O3.ClH/c1-11(2)8-16(3,10-17)19-13(21)4-5-14-18-15(20-23-14)12-6-7-22-9-12;/h6-7,9,11H,4-5,8,10,17H2,1-3H3,(H,19,21);1H. The smallest absolute Gasteiger partial charge is 0.227 e. The van der Waals surface area contributed by atoms with E-state index in [4.69, 9.17) is 14.7 Å². The van der Waals surface area contributed by atoms with E-state index in [1.807, 2.05) is 6.92 Å². The lowest BCUT2D eigenvalue weighted by Crippen LogP contribution is -2.52. The molecule has 3 N–H and O–H groups in total. The SMILES string of the molecule is CC(C)CC(C)(CN)NC(=O)CCc1nc(-c2ccoc2)no1.Cl. The van der Waals surface area contributed by atoms with Gasteiger partial charge in [-0.25, -0.2) is 0 Å². The first-order valence-corrected chi connectivity index (χ1v) is 7.78. The predicted molar refractivity (Wildman–Crippen MR) is 92.6 cm³/mol. The Morgan fingerprint density at radius 3 is 2.79 bits per heavy atom. The van der Waals surface area contributed by atoms with Gasteiger partial charge >= 0.3 is 0 Å². The Morgan fingerprint density at radius 2 is 2.21 bits per heavy atom. The topological polar surface area (TPSA) is 107 Å². The fraction of sp³-hybridized carbons (Fsp3) is 0.562. The van der Waals surface area contributed by atoms with Gasteiger partial charge in [-0.3, -0.25) is 4.79 Å². The maximum absolute atomic E-state index is 12.1. The number of aryl methyl sites for hydroxylation is 1. The molecule has 0 bridgehead atoms. The van der Waals surface area contributed by atoms with Crippen LogP contribution in [0.25, 0.3) is 11.4 Å². The van der Waals surface area contributed by atoms with E-state index in [-0.39, 0.29) is 30.3 Å². The third kappa shape index (κ3) is 5.65.